The highest BCUT2D eigenvalue weighted by atomic mass is 19.1. The third-order valence-electron chi connectivity index (χ3n) is 3.62. The molecule has 0 saturated carbocycles. The summed E-state index contributed by atoms with van der Waals surface area (Å²) in [6, 6.07) is 6.84. The third kappa shape index (κ3) is 2.59. The Labute approximate surface area is 127 Å². The van der Waals surface area contributed by atoms with Crippen molar-refractivity contribution < 1.29 is 9.13 Å². The zero-order valence-corrected chi connectivity index (χ0v) is 12.5. The summed E-state index contributed by atoms with van der Waals surface area (Å²) in [5, 5.41) is 3.99. The highest BCUT2D eigenvalue weighted by Gasteiger charge is 2.14. The Morgan fingerprint density at radius 3 is 2.91 bits per heavy atom. The zero-order chi connectivity index (χ0) is 15.5. The van der Waals surface area contributed by atoms with Crippen molar-refractivity contribution in [1.82, 2.24) is 14.5 Å². The van der Waals surface area contributed by atoms with Crippen LogP contribution >= 0.6 is 0 Å². The van der Waals surface area contributed by atoms with Gasteiger partial charge in [0.2, 0.25) is 0 Å². The molecule has 2 heterocycles. The molecule has 0 bridgehead atoms. The van der Waals surface area contributed by atoms with Crippen LogP contribution in [0.15, 0.2) is 36.8 Å². The van der Waals surface area contributed by atoms with E-state index in [1.54, 1.807) is 25.4 Å². The Bertz CT molecular complexity index is 786. The lowest BCUT2D eigenvalue weighted by Crippen LogP contribution is -2.12. The van der Waals surface area contributed by atoms with Gasteiger partial charge in [-0.1, -0.05) is 0 Å². The van der Waals surface area contributed by atoms with E-state index in [1.165, 1.54) is 12.4 Å². The van der Waals surface area contributed by atoms with E-state index < -0.39 is 0 Å². The highest BCUT2D eigenvalue weighted by Crippen LogP contribution is 2.30. The molecule has 6 heteroatoms. The fraction of sp³-hybridized carbons (Fsp3) is 0.250. The van der Waals surface area contributed by atoms with Crippen LogP contribution in [0.2, 0.25) is 0 Å². The van der Waals surface area contributed by atoms with Crippen LogP contribution in [0.25, 0.3) is 10.9 Å². The third-order valence-corrected chi connectivity index (χ3v) is 3.62. The number of ether oxygens (including phenoxy) is 1. The molecule has 0 atom stereocenters. The molecule has 0 radical (unpaired) electrons. The predicted molar refractivity (Wildman–Crippen MR) is 83.7 cm³/mol. The van der Waals surface area contributed by atoms with E-state index in [0.29, 0.717) is 24.4 Å². The summed E-state index contributed by atoms with van der Waals surface area (Å²) >= 11 is 0. The first-order valence-electron chi connectivity index (χ1n) is 7.03. The lowest BCUT2D eigenvalue weighted by Gasteiger charge is -2.11. The van der Waals surface area contributed by atoms with Crippen LogP contribution in [-0.2, 0) is 6.54 Å². The minimum atomic E-state index is -0.245. The molecule has 3 aromatic rings. The Hall–Kier alpha value is -2.63. The standard InChI is InChI=1S/C16H17FN4O/c1-11-9-12-14(22-2)4-3-13(17)16(12)21(11)8-7-19-15-5-6-18-10-20-15/h3-6,9-10H,7-8H2,1-2H3,(H,18,19,20). The molecule has 5 nitrogen and oxygen atoms in total. The van der Waals surface area contributed by atoms with Crippen molar-refractivity contribution in [3.8, 4) is 5.75 Å². The molecule has 1 N–H and O–H groups in total. The number of aromatic nitrogens is 3. The molecule has 0 fully saturated rings. The van der Waals surface area contributed by atoms with Gasteiger partial charge in [-0.3, -0.25) is 0 Å². The molecule has 0 saturated heterocycles. The average Bonchev–Trinajstić information content (AvgIpc) is 2.86. The number of anilines is 1. The lowest BCUT2D eigenvalue weighted by molar-refractivity contribution is 0.419. The number of benzene rings is 1. The van der Waals surface area contributed by atoms with Crippen LogP contribution in [0.1, 0.15) is 5.69 Å². The quantitative estimate of drug-likeness (QED) is 0.787. The SMILES string of the molecule is COc1ccc(F)c2c1cc(C)n2CCNc1ccncn1. The van der Waals surface area contributed by atoms with E-state index >= 15 is 0 Å². The zero-order valence-electron chi connectivity index (χ0n) is 12.5. The first-order chi connectivity index (χ1) is 10.7. The molecule has 0 aliphatic carbocycles. The number of nitrogens with zero attached hydrogens (tertiary/aromatic N) is 3. The summed E-state index contributed by atoms with van der Waals surface area (Å²) in [4.78, 5) is 7.97. The fourth-order valence-electron chi connectivity index (χ4n) is 2.60. The van der Waals surface area contributed by atoms with Crippen molar-refractivity contribution in [2.45, 2.75) is 13.5 Å². The molecule has 0 unspecified atom stereocenters. The number of rotatable bonds is 5. The maximum absolute atomic E-state index is 14.2. The van der Waals surface area contributed by atoms with Crippen molar-refractivity contribution in [3.05, 3.63) is 48.3 Å². The van der Waals surface area contributed by atoms with E-state index in [4.69, 9.17) is 4.74 Å². The van der Waals surface area contributed by atoms with E-state index in [0.717, 1.165) is 16.9 Å². The number of fused-ring (bicyclic) bond motifs is 1. The van der Waals surface area contributed by atoms with Crippen molar-refractivity contribution >= 4 is 16.7 Å². The van der Waals surface area contributed by atoms with E-state index in [9.17, 15) is 4.39 Å². The van der Waals surface area contributed by atoms with E-state index in [1.807, 2.05) is 17.6 Å². The van der Waals surface area contributed by atoms with Gasteiger partial charge in [0.25, 0.3) is 0 Å². The molecule has 0 aliphatic heterocycles. The van der Waals surface area contributed by atoms with Crippen LogP contribution in [0.5, 0.6) is 5.75 Å². The lowest BCUT2D eigenvalue weighted by atomic mass is 10.2. The number of methoxy groups -OCH3 is 1. The van der Waals surface area contributed by atoms with Crippen LogP contribution < -0.4 is 10.1 Å². The predicted octanol–water partition coefficient (Wildman–Crippen LogP) is 3.00. The summed E-state index contributed by atoms with van der Waals surface area (Å²) in [5.74, 6) is 1.19. The van der Waals surface area contributed by atoms with Gasteiger partial charge in [0.1, 0.15) is 23.7 Å². The molecular weight excluding hydrogens is 283 g/mol. The highest BCUT2D eigenvalue weighted by molar-refractivity contribution is 5.88. The summed E-state index contributed by atoms with van der Waals surface area (Å²) in [7, 11) is 1.59. The van der Waals surface area contributed by atoms with Gasteiger partial charge in [0, 0.05) is 30.4 Å². The van der Waals surface area contributed by atoms with Crippen molar-refractivity contribution in [2.24, 2.45) is 0 Å². The maximum Gasteiger partial charge on any atom is 0.147 e. The van der Waals surface area contributed by atoms with Crippen molar-refractivity contribution in [3.63, 3.8) is 0 Å². The second-order valence-corrected chi connectivity index (χ2v) is 4.97. The van der Waals surface area contributed by atoms with Crippen LogP contribution in [0.4, 0.5) is 10.2 Å². The fourth-order valence-corrected chi connectivity index (χ4v) is 2.60. The number of hydrogen-bond acceptors (Lipinski definition) is 4. The molecular formula is C16H17FN4O. The smallest absolute Gasteiger partial charge is 0.147 e. The van der Waals surface area contributed by atoms with Gasteiger partial charge in [0.15, 0.2) is 0 Å². The minimum Gasteiger partial charge on any atom is -0.496 e. The van der Waals surface area contributed by atoms with E-state index in [-0.39, 0.29) is 5.82 Å². The van der Waals surface area contributed by atoms with Gasteiger partial charge >= 0.3 is 0 Å². The van der Waals surface area contributed by atoms with Crippen molar-refractivity contribution in [2.75, 3.05) is 19.0 Å². The second kappa shape index (κ2) is 6.01. The molecule has 0 amide bonds. The Kier molecular flexibility index (Phi) is 3.91. The molecule has 3 rings (SSSR count). The van der Waals surface area contributed by atoms with E-state index in [2.05, 4.69) is 15.3 Å². The number of halogens is 1. The van der Waals surface area contributed by atoms with Crippen LogP contribution in [-0.4, -0.2) is 28.2 Å². The Morgan fingerprint density at radius 2 is 2.18 bits per heavy atom. The van der Waals surface area contributed by atoms with Crippen molar-refractivity contribution in [1.29, 1.82) is 0 Å². The minimum absolute atomic E-state index is 0.245. The number of hydrogen-bond donors (Lipinski definition) is 1. The summed E-state index contributed by atoms with van der Waals surface area (Å²) < 4.78 is 21.5. The monoisotopic (exact) mass is 300 g/mol. The normalized spacial score (nSPS) is 10.9. The van der Waals surface area contributed by atoms with Gasteiger partial charge in [-0.15, -0.1) is 0 Å². The van der Waals surface area contributed by atoms with Gasteiger partial charge in [-0.2, -0.15) is 0 Å². The number of aryl methyl sites for hydroxylation is 1. The first kappa shape index (κ1) is 14.3. The molecule has 2 aromatic heterocycles. The van der Waals surface area contributed by atoms with Gasteiger partial charge in [0.05, 0.1) is 12.6 Å². The van der Waals surface area contributed by atoms with Crippen LogP contribution in [0.3, 0.4) is 0 Å². The molecule has 114 valence electrons. The average molecular weight is 300 g/mol. The van der Waals surface area contributed by atoms with Gasteiger partial charge in [-0.25, -0.2) is 14.4 Å². The van der Waals surface area contributed by atoms with Gasteiger partial charge in [-0.05, 0) is 31.2 Å². The molecule has 22 heavy (non-hydrogen) atoms. The van der Waals surface area contributed by atoms with Gasteiger partial charge < -0.3 is 14.6 Å². The first-order valence-corrected chi connectivity index (χ1v) is 7.03. The topological polar surface area (TPSA) is 52.0 Å². The second-order valence-electron chi connectivity index (χ2n) is 4.97. The number of nitrogens with one attached hydrogen (secondary N) is 1. The Balaban J connectivity index is 1.86. The summed E-state index contributed by atoms with van der Waals surface area (Å²) in [6.45, 7) is 3.23. The molecule has 0 spiro atoms. The largest absolute Gasteiger partial charge is 0.496 e. The summed E-state index contributed by atoms with van der Waals surface area (Å²) in [5.41, 5.74) is 1.56. The van der Waals surface area contributed by atoms with Crippen LogP contribution in [0, 0.1) is 12.7 Å². The maximum atomic E-state index is 14.2. The Morgan fingerprint density at radius 1 is 1.32 bits per heavy atom. The molecule has 1 aromatic carbocycles. The molecule has 0 aliphatic rings. The summed E-state index contributed by atoms with van der Waals surface area (Å²) in [6.07, 6.45) is 3.17.